The Hall–Kier alpha value is -3.86. The van der Waals surface area contributed by atoms with Crippen molar-refractivity contribution in [2.24, 2.45) is 0 Å². The minimum Gasteiger partial charge on any atom is -0.287 e. The van der Waals surface area contributed by atoms with E-state index in [0.717, 1.165) is 22.2 Å². The summed E-state index contributed by atoms with van der Waals surface area (Å²) in [4.78, 5) is 21.7. The zero-order chi connectivity index (χ0) is 18.2. The summed E-state index contributed by atoms with van der Waals surface area (Å²) in [5.74, 6) is -0.119. The summed E-state index contributed by atoms with van der Waals surface area (Å²) in [6.07, 6.45) is 3.32. The molecule has 0 radical (unpaired) electrons. The third-order valence-corrected chi connectivity index (χ3v) is 4.53. The molecule has 3 aromatic heterocycles. The number of imidazole rings is 1. The highest BCUT2D eigenvalue weighted by Crippen LogP contribution is 2.20. The van der Waals surface area contributed by atoms with Gasteiger partial charge in [0.1, 0.15) is 5.69 Å². The smallest absolute Gasteiger partial charge is 0.213 e. The molecule has 5 rings (SSSR count). The van der Waals surface area contributed by atoms with Gasteiger partial charge in [0.05, 0.1) is 17.4 Å². The van der Waals surface area contributed by atoms with Crippen molar-refractivity contribution in [3.63, 3.8) is 0 Å². The van der Waals surface area contributed by atoms with Gasteiger partial charge in [0.25, 0.3) is 0 Å². The molecule has 0 spiro atoms. The highest BCUT2D eigenvalue weighted by Gasteiger charge is 2.16. The van der Waals surface area contributed by atoms with Gasteiger partial charge < -0.3 is 0 Å². The van der Waals surface area contributed by atoms with E-state index >= 15 is 0 Å². The first-order chi connectivity index (χ1) is 13.3. The number of nitrogens with zero attached hydrogens (tertiary/aromatic N) is 4. The fourth-order valence-corrected chi connectivity index (χ4v) is 3.16. The highest BCUT2D eigenvalue weighted by atomic mass is 16.1. The Kier molecular flexibility index (Phi) is 3.50. The van der Waals surface area contributed by atoms with Gasteiger partial charge in [-0.3, -0.25) is 9.78 Å². The van der Waals surface area contributed by atoms with E-state index in [1.165, 1.54) is 0 Å². The first-order valence-electron chi connectivity index (χ1n) is 8.59. The predicted octanol–water partition coefficient (Wildman–Crippen LogP) is 4.18. The summed E-state index contributed by atoms with van der Waals surface area (Å²) in [5, 5.41) is 5.56. The van der Waals surface area contributed by atoms with Gasteiger partial charge in [0.15, 0.2) is 5.65 Å². The maximum absolute atomic E-state index is 13.1. The molecular weight excluding hydrogens is 336 g/mol. The van der Waals surface area contributed by atoms with Crippen LogP contribution in [-0.2, 0) is 0 Å². The van der Waals surface area contributed by atoms with E-state index in [1.54, 1.807) is 23.0 Å². The minimum absolute atomic E-state index is 0.119. The topological polar surface area (TPSA) is 60.2 Å². The number of aromatic nitrogens is 4. The number of ketones is 1. The van der Waals surface area contributed by atoms with Crippen LogP contribution in [0.25, 0.3) is 27.8 Å². The Balaban J connectivity index is 1.62. The molecule has 0 aliphatic carbocycles. The van der Waals surface area contributed by atoms with E-state index in [9.17, 15) is 4.79 Å². The Labute approximate surface area is 154 Å². The van der Waals surface area contributed by atoms with Gasteiger partial charge in [-0.1, -0.05) is 36.4 Å². The maximum Gasteiger partial charge on any atom is 0.213 e. The van der Waals surface area contributed by atoms with E-state index < -0.39 is 0 Å². The van der Waals surface area contributed by atoms with Crippen molar-refractivity contribution in [3.05, 3.63) is 96.4 Å². The fraction of sp³-hybridized carbons (Fsp3) is 0. The van der Waals surface area contributed by atoms with Crippen LogP contribution in [0.1, 0.15) is 16.1 Å². The molecule has 0 saturated heterocycles. The Morgan fingerprint density at radius 2 is 1.74 bits per heavy atom. The third kappa shape index (κ3) is 2.66. The van der Waals surface area contributed by atoms with Crippen LogP contribution in [0.3, 0.4) is 0 Å². The lowest BCUT2D eigenvalue weighted by molar-refractivity contribution is 0.103. The van der Waals surface area contributed by atoms with E-state index in [0.29, 0.717) is 16.9 Å². The number of hydrogen-bond donors (Lipinski definition) is 0. The summed E-state index contributed by atoms with van der Waals surface area (Å²) >= 11 is 0. The molecule has 3 heterocycles. The molecule has 128 valence electrons. The quantitative estimate of drug-likeness (QED) is 0.458. The van der Waals surface area contributed by atoms with Gasteiger partial charge in [-0.15, -0.1) is 0 Å². The number of fused-ring (bicyclic) bond motifs is 2. The molecule has 0 saturated carbocycles. The van der Waals surface area contributed by atoms with Crippen molar-refractivity contribution in [3.8, 4) is 11.3 Å². The van der Waals surface area contributed by atoms with Crippen LogP contribution in [0.15, 0.2) is 85.2 Å². The number of rotatable bonds is 3. The summed E-state index contributed by atoms with van der Waals surface area (Å²) in [6.45, 7) is 0. The molecule has 27 heavy (non-hydrogen) atoms. The molecule has 0 bridgehead atoms. The van der Waals surface area contributed by atoms with Gasteiger partial charge in [-0.05, 0) is 36.4 Å². The number of carbonyl (C=O) groups excluding carboxylic acids is 1. The summed E-state index contributed by atoms with van der Waals surface area (Å²) in [7, 11) is 0. The number of pyridine rings is 1. The molecule has 5 nitrogen and oxygen atoms in total. The zero-order valence-corrected chi connectivity index (χ0v) is 14.3. The van der Waals surface area contributed by atoms with Crippen molar-refractivity contribution in [1.82, 2.24) is 19.6 Å². The van der Waals surface area contributed by atoms with Crippen molar-refractivity contribution in [2.75, 3.05) is 0 Å². The first-order valence-corrected chi connectivity index (χ1v) is 8.59. The van der Waals surface area contributed by atoms with E-state index in [1.807, 2.05) is 66.7 Å². The van der Waals surface area contributed by atoms with Crippen molar-refractivity contribution < 1.29 is 4.79 Å². The van der Waals surface area contributed by atoms with Crippen molar-refractivity contribution in [1.29, 1.82) is 0 Å². The number of hydrogen-bond acceptors (Lipinski definition) is 4. The maximum atomic E-state index is 13.1. The normalized spacial score (nSPS) is 11.1. The molecule has 0 unspecified atom stereocenters. The zero-order valence-electron chi connectivity index (χ0n) is 14.3. The van der Waals surface area contributed by atoms with Crippen LogP contribution < -0.4 is 0 Å². The molecule has 5 aromatic rings. The summed E-state index contributed by atoms with van der Waals surface area (Å²) in [5.41, 5.74) is 4.30. The molecule has 0 atom stereocenters. The Bertz CT molecular complexity index is 1290. The van der Waals surface area contributed by atoms with E-state index in [2.05, 4.69) is 15.1 Å². The predicted molar refractivity (Wildman–Crippen MR) is 104 cm³/mol. The Morgan fingerprint density at radius 3 is 2.63 bits per heavy atom. The van der Waals surface area contributed by atoms with Crippen molar-refractivity contribution in [2.45, 2.75) is 0 Å². The number of carbonyl (C=O) groups is 1. The lowest BCUT2D eigenvalue weighted by Gasteiger charge is -2.05. The van der Waals surface area contributed by atoms with Crippen LogP contribution in [0.5, 0.6) is 0 Å². The second-order valence-electron chi connectivity index (χ2n) is 6.24. The molecular formula is C22H14N4O. The lowest BCUT2D eigenvalue weighted by Crippen LogP contribution is -2.08. The van der Waals surface area contributed by atoms with Gasteiger partial charge in [-0.25, -0.2) is 9.50 Å². The minimum atomic E-state index is -0.119. The second kappa shape index (κ2) is 6.14. The van der Waals surface area contributed by atoms with Crippen LogP contribution in [0, 0.1) is 0 Å². The SMILES string of the molecule is O=C(c1ccc2ncccc2c1)c1cnc2ccc(-c3ccccc3)nn12. The molecule has 0 aliphatic heterocycles. The Morgan fingerprint density at radius 1 is 0.852 bits per heavy atom. The van der Waals surface area contributed by atoms with Crippen molar-refractivity contribution >= 4 is 22.3 Å². The monoisotopic (exact) mass is 350 g/mol. The molecule has 0 aliphatic rings. The standard InChI is InChI=1S/C22H14N4O/c27-22(17-8-9-18-16(13-17)7-4-12-23-18)20-14-24-21-11-10-19(25-26(20)21)15-5-2-1-3-6-15/h1-14H. The van der Waals surface area contributed by atoms with Gasteiger partial charge in [0, 0.05) is 22.7 Å². The van der Waals surface area contributed by atoms with Crippen LogP contribution in [0.2, 0.25) is 0 Å². The van der Waals surface area contributed by atoms with Crippen LogP contribution in [0.4, 0.5) is 0 Å². The van der Waals surface area contributed by atoms with E-state index in [4.69, 9.17) is 0 Å². The lowest BCUT2D eigenvalue weighted by atomic mass is 10.1. The average Bonchev–Trinajstić information content (AvgIpc) is 3.16. The molecule has 5 heteroatoms. The summed E-state index contributed by atoms with van der Waals surface area (Å²) < 4.78 is 1.61. The molecule has 0 amide bonds. The van der Waals surface area contributed by atoms with Crippen LogP contribution in [-0.4, -0.2) is 25.4 Å². The highest BCUT2D eigenvalue weighted by molar-refractivity contribution is 6.09. The first kappa shape index (κ1) is 15.4. The van der Waals surface area contributed by atoms with Gasteiger partial charge in [0.2, 0.25) is 5.78 Å². The van der Waals surface area contributed by atoms with Crippen LogP contribution >= 0.6 is 0 Å². The van der Waals surface area contributed by atoms with E-state index in [-0.39, 0.29) is 5.78 Å². The number of benzene rings is 2. The summed E-state index contributed by atoms with van der Waals surface area (Å²) in [6, 6.07) is 22.9. The second-order valence-corrected chi connectivity index (χ2v) is 6.24. The fourth-order valence-electron chi connectivity index (χ4n) is 3.16. The molecule has 0 fully saturated rings. The van der Waals surface area contributed by atoms with Gasteiger partial charge >= 0.3 is 0 Å². The largest absolute Gasteiger partial charge is 0.287 e. The third-order valence-electron chi connectivity index (χ3n) is 4.53. The van der Waals surface area contributed by atoms with Gasteiger partial charge in [-0.2, -0.15) is 5.10 Å². The molecule has 2 aromatic carbocycles. The molecule has 0 N–H and O–H groups in total. The average molecular weight is 350 g/mol.